The molecule has 0 amide bonds. The number of hydrogen-bond acceptors (Lipinski definition) is 5. The molecule has 0 unspecified atom stereocenters. The largest absolute Gasteiger partial charge is 0.297 e. The third-order valence-electron chi connectivity index (χ3n) is 3.42. The van der Waals surface area contributed by atoms with Crippen LogP contribution in [0.1, 0.15) is 18.4 Å². The van der Waals surface area contributed by atoms with Gasteiger partial charge in [-0.1, -0.05) is 51.5 Å². The molecule has 21 heavy (non-hydrogen) atoms. The highest BCUT2D eigenvalue weighted by molar-refractivity contribution is 14.1. The number of halogens is 1. The zero-order chi connectivity index (χ0) is 15.5. The third kappa shape index (κ3) is 3.89. The Morgan fingerprint density at radius 1 is 1.33 bits per heavy atom. The predicted octanol–water partition coefficient (Wildman–Crippen LogP) is 3.36. The number of benzene rings is 1. The third-order valence-corrected chi connectivity index (χ3v) is 5.65. The molecule has 0 fully saturated rings. The van der Waals surface area contributed by atoms with Crippen LogP contribution in [0.3, 0.4) is 0 Å². The van der Waals surface area contributed by atoms with Crippen LogP contribution in [0.2, 0.25) is 0 Å². The van der Waals surface area contributed by atoms with Crippen LogP contribution < -0.4 is 0 Å². The molecule has 0 radical (unpaired) electrons. The molecule has 7 heteroatoms. The summed E-state index contributed by atoms with van der Waals surface area (Å²) in [6.07, 6.45) is 2.39. The van der Waals surface area contributed by atoms with Crippen molar-refractivity contribution in [2.24, 2.45) is 5.18 Å². The number of alkyl halides is 1. The van der Waals surface area contributed by atoms with E-state index in [9.17, 15) is 13.3 Å². The lowest BCUT2D eigenvalue weighted by Gasteiger charge is -2.26. The number of aryl methyl sites for hydroxylation is 1. The summed E-state index contributed by atoms with van der Waals surface area (Å²) in [5.41, 5.74) is 1.80. The van der Waals surface area contributed by atoms with E-state index in [1.807, 2.05) is 13.0 Å². The first-order valence-corrected chi connectivity index (χ1v) is 9.48. The van der Waals surface area contributed by atoms with Gasteiger partial charge in [-0.15, -0.1) is 0 Å². The monoisotopic (exact) mass is 421 g/mol. The minimum atomic E-state index is -3.88. The van der Waals surface area contributed by atoms with Gasteiger partial charge in [0.05, 0.1) is 4.90 Å². The molecule has 0 aliphatic heterocycles. The summed E-state index contributed by atoms with van der Waals surface area (Å²) in [5.74, 6) is 0. The van der Waals surface area contributed by atoms with Crippen LogP contribution in [0.4, 0.5) is 0 Å². The Balaban J connectivity index is 2.22. The van der Waals surface area contributed by atoms with E-state index in [1.54, 1.807) is 12.1 Å². The number of nitrogens with zero attached hydrogens (tertiary/aromatic N) is 1. The second-order valence-corrected chi connectivity index (χ2v) is 7.28. The highest BCUT2D eigenvalue weighted by Crippen LogP contribution is 2.28. The SMILES string of the molecule is Cc1ccc(S(=O)(=O)O[C@H]2CCC=C(CI)[C@H]2N=O)cc1. The van der Waals surface area contributed by atoms with Crippen molar-refractivity contribution in [3.05, 3.63) is 46.4 Å². The summed E-state index contributed by atoms with van der Waals surface area (Å²) in [6, 6.07) is 5.71. The van der Waals surface area contributed by atoms with Gasteiger partial charge in [-0.3, -0.25) is 4.18 Å². The van der Waals surface area contributed by atoms with Crippen molar-refractivity contribution in [2.45, 2.75) is 36.8 Å². The molecule has 1 aromatic rings. The van der Waals surface area contributed by atoms with E-state index in [-0.39, 0.29) is 4.90 Å². The average molecular weight is 421 g/mol. The lowest BCUT2D eigenvalue weighted by atomic mass is 9.93. The predicted molar refractivity (Wildman–Crippen MR) is 89.0 cm³/mol. The number of allylic oxidation sites excluding steroid dienone is 1. The van der Waals surface area contributed by atoms with Gasteiger partial charge in [0.15, 0.2) is 0 Å². The van der Waals surface area contributed by atoms with Crippen LogP contribution >= 0.6 is 22.6 Å². The molecule has 1 aromatic carbocycles. The molecule has 0 saturated carbocycles. The second kappa shape index (κ2) is 6.97. The first-order chi connectivity index (χ1) is 9.97. The van der Waals surface area contributed by atoms with Gasteiger partial charge in [-0.2, -0.15) is 13.3 Å². The van der Waals surface area contributed by atoms with Crippen molar-refractivity contribution in [3.8, 4) is 0 Å². The number of nitroso groups, excluding NO2 is 1. The van der Waals surface area contributed by atoms with Crippen LogP contribution in [-0.2, 0) is 14.3 Å². The fourth-order valence-corrected chi connectivity index (χ4v) is 4.11. The normalized spacial score (nSPS) is 22.7. The summed E-state index contributed by atoms with van der Waals surface area (Å²) in [6.45, 7) is 1.88. The average Bonchev–Trinajstić information content (AvgIpc) is 2.47. The summed E-state index contributed by atoms with van der Waals surface area (Å²) in [5, 5.41) is 3.06. The van der Waals surface area contributed by atoms with Gasteiger partial charge in [-0.05, 0) is 37.5 Å². The van der Waals surface area contributed by atoms with Crippen LogP contribution in [0.5, 0.6) is 0 Å². The van der Waals surface area contributed by atoms with E-state index in [1.165, 1.54) is 12.1 Å². The Kier molecular flexibility index (Phi) is 5.50. The van der Waals surface area contributed by atoms with Gasteiger partial charge in [0.2, 0.25) is 0 Å². The number of hydrogen-bond donors (Lipinski definition) is 0. The molecule has 0 saturated heterocycles. The molecule has 0 heterocycles. The van der Waals surface area contributed by atoms with Crippen molar-refractivity contribution in [2.75, 3.05) is 4.43 Å². The molecule has 5 nitrogen and oxygen atoms in total. The Bertz CT molecular complexity index is 639. The standard InChI is InChI=1S/C14H16INO4S/c1-10-5-7-12(8-6-10)21(18,19)20-13-4-2-3-11(9-15)14(13)16-17/h3,5-8,13-14H,2,4,9H2,1H3/t13-,14+/m0/s1. The maximum absolute atomic E-state index is 12.3. The maximum atomic E-state index is 12.3. The van der Waals surface area contributed by atoms with Crippen LogP contribution in [0.15, 0.2) is 46.0 Å². The molecular formula is C14H16INO4S. The Hall–Kier alpha value is -0.800. The van der Waals surface area contributed by atoms with Gasteiger partial charge >= 0.3 is 0 Å². The fraction of sp³-hybridized carbons (Fsp3) is 0.429. The first kappa shape index (κ1) is 16.6. The Labute approximate surface area is 138 Å². The van der Waals surface area contributed by atoms with Gasteiger partial charge < -0.3 is 0 Å². The molecule has 0 bridgehead atoms. The Morgan fingerprint density at radius 3 is 2.57 bits per heavy atom. The minimum Gasteiger partial charge on any atom is -0.260 e. The summed E-state index contributed by atoms with van der Waals surface area (Å²) in [4.78, 5) is 11.1. The van der Waals surface area contributed by atoms with Gasteiger partial charge in [-0.25, -0.2) is 0 Å². The molecular weight excluding hydrogens is 405 g/mol. The minimum absolute atomic E-state index is 0.100. The van der Waals surface area contributed by atoms with E-state index < -0.39 is 22.3 Å². The van der Waals surface area contributed by atoms with Crippen molar-refractivity contribution in [1.82, 2.24) is 0 Å². The molecule has 1 aliphatic carbocycles. The Morgan fingerprint density at radius 2 is 2.00 bits per heavy atom. The van der Waals surface area contributed by atoms with Gasteiger partial charge in [0.1, 0.15) is 12.1 Å². The van der Waals surface area contributed by atoms with Gasteiger partial charge in [0.25, 0.3) is 10.1 Å². The number of rotatable bonds is 5. The van der Waals surface area contributed by atoms with E-state index in [0.29, 0.717) is 17.3 Å². The maximum Gasteiger partial charge on any atom is 0.297 e. The zero-order valence-corrected chi connectivity index (χ0v) is 14.5. The molecule has 0 N–H and O–H groups in total. The van der Waals surface area contributed by atoms with Crippen molar-refractivity contribution in [1.29, 1.82) is 0 Å². The van der Waals surface area contributed by atoms with Gasteiger partial charge in [0, 0.05) is 4.43 Å². The summed E-state index contributed by atoms with van der Waals surface area (Å²) in [7, 11) is -3.88. The second-order valence-electron chi connectivity index (χ2n) is 4.94. The lowest BCUT2D eigenvalue weighted by Crippen LogP contribution is -2.34. The topological polar surface area (TPSA) is 72.8 Å². The molecule has 114 valence electrons. The lowest BCUT2D eigenvalue weighted by molar-refractivity contribution is 0.176. The van der Waals surface area contributed by atoms with Crippen molar-refractivity contribution < 1.29 is 12.6 Å². The molecule has 2 rings (SSSR count). The summed E-state index contributed by atoms with van der Waals surface area (Å²) < 4.78 is 30.5. The molecule has 1 aliphatic rings. The smallest absolute Gasteiger partial charge is 0.260 e. The van der Waals surface area contributed by atoms with Crippen LogP contribution in [0.25, 0.3) is 0 Å². The molecule has 2 atom stereocenters. The summed E-state index contributed by atoms with van der Waals surface area (Å²) >= 11 is 2.14. The zero-order valence-electron chi connectivity index (χ0n) is 11.5. The quantitative estimate of drug-likeness (QED) is 0.240. The highest BCUT2D eigenvalue weighted by Gasteiger charge is 2.33. The van der Waals surface area contributed by atoms with E-state index in [0.717, 1.165) is 11.1 Å². The van der Waals surface area contributed by atoms with Crippen LogP contribution in [0, 0.1) is 11.8 Å². The molecule has 0 spiro atoms. The van der Waals surface area contributed by atoms with Crippen molar-refractivity contribution in [3.63, 3.8) is 0 Å². The fourth-order valence-electron chi connectivity index (χ4n) is 2.24. The van der Waals surface area contributed by atoms with E-state index >= 15 is 0 Å². The van der Waals surface area contributed by atoms with E-state index in [2.05, 4.69) is 27.8 Å². The highest BCUT2D eigenvalue weighted by atomic mass is 127. The molecule has 0 aromatic heterocycles. The van der Waals surface area contributed by atoms with E-state index in [4.69, 9.17) is 4.18 Å². The van der Waals surface area contributed by atoms with Crippen molar-refractivity contribution >= 4 is 32.7 Å². The first-order valence-electron chi connectivity index (χ1n) is 6.55. The van der Waals surface area contributed by atoms with Crippen LogP contribution in [-0.4, -0.2) is 25.0 Å².